The van der Waals surface area contributed by atoms with Gasteiger partial charge in [-0.2, -0.15) is 12.7 Å². The second-order valence-electron chi connectivity index (χ2n) is 4.51. The molecule has 2 bridgehead atoms. The first-order chi connectivity index (χ1) is 7.00. The van der Waals surface area contributed by atoms with Crippen molar-refractivity contribution in [2.45, 2.75) is 50.7 Å². The molecule has 2 fully saturated rings. The molecule has 0 aromatic carbocycles. The Morgan fingerprint density at radius 1 is 1.33 bits per heavy atom. The first-order valence-corrected chi connectivity index (χ1v) is 7.06. The molecule has 2 aliphatic heterocycles. The maximum absolute atomic E-state index is 11.4. The van der Waals surface area contributed by atoms with E-state index in [1.54, 1.807) is 0 Å². The van der Waals surface area contributed by atoms with Gasteiger partial charge in [-0.3, -0.25) is 0 Å². The lowest BCUT2D eigenvalue weighted by Crippen LogP contribution is -2.51. The molecule has 0 aliphatic carbocycles. The molecule has 0 amide bonds. The van der Waals surface area contributed by atoms with Crippen molar-refractivity contribution >= 4 is 10.2 Å². The third-order valence-electron chi connectivity index (χ3n) is 3.49. The van der Waals surface area contributed by atoms with Gasteiger partial charge in [0.15, 0.2) is 0 Å². The average Bonchev–Trinajstić information content (AvgIpc) is 2.44. The number of fused-ring (bicyclic) bond motifs is 2. The van der Waals surface area contributed by atoms with Crippen LogP contribution in [0.25, 0.3) is 0 Å². The number of hydrogen-bond donors (Lipinski definition) is 2. The van der Waals surface area contributed by atoms with Crippen molar-refractivity contribution in [3.8, 4) is 0 Å². The average molecular weight is 233 g/mol. The van der Waals surface area contributed by atoms with Gasteiger partial charge in [-0.15, -0.1) is 0 Å². The second-order valence-corrected chi connectivity index (χ2v) is 6.01. The second kappa shape index (κ2) is 4.01. The van der Waals surface area contributed by atoms with Gasteiger partial charge in [-0.25, -0.2) is 5.14 Å². The minimum absolute atomic E-state index is 0.101. The fourth-order valence-electron chi connectivity index (χ4n) is 2.91. The summed E-state index contributed by atoms with van der Waals surface area (Å²) in [6, 6.07) is 1.08. The summed E-state index contributed by atoms with van der Waals surface area (Å²) in [5.41, 5.74) is 0. The van der Waals surface area contributed by atoms with Crippen LogP contribution >= 0.6 is 0 Å². The minimum atomic E-state index is -3.53. The van der Waals surface area contributed by atoms with E-state index in [-0.39, 0.29) is 6.04 Å². The molecule has 2 unspecified atom stereocenters. The molecular weight excluding hydrogens is 214 g/mol. The number of hydrogen-bond acceptors (Lipinski definition) is 3. The van der Waals surface area contributed by atoms with Gasteiger partial charge in [-0.1, -0.05) is 6.92 Å². The molecule has 0 saturated carbocycles. The zero-order chi connectivity index (χ0) is 11.1. The van der Waals surface area contributed by atoms with Crippen molar-refractivity contribution in [1.82, 2.24) is 9.62 Å². The van der Waals surface area contributed by atoms with E-state index in [1.165, 1.54) is 17.1 Å². The third kappa shape index (κ3) is 2.33. The highest BCUT2D eigenvalue weighted by Crippen LogP contribution is 2.30. The van der Waals surface area contributed by atoms with Crippen LogP contribution in [0.4, 0.5) is 0 Å². The Hall–Kier alpha value is -0.170. The zero-order valence-electron chi connectivity index (χ0n) is 9.02. The fraction of sp³-hybridized carbons (Fsp3) is 1.00. The molecule has 15 heavy (non-hydrogen) atoms. The maximum atomic E-state index is 11.4. The fourth-order valence-corrected chi connectivity index (χ4v) is 3.86. The predicted octanol–water partition coefficient (Wildman–Crippen LogP) is -0.205. The van der Waals surface area contributed by atoms with Gasteiger partial charge in [0, 0.05) is 24.7 Å². The van der Waals surface area contributed by atoms with Crippen LogP contribution in [0.2, 0.25) is 0 Å². The van der Waals surface area contributed by atoms with Gasteiger partial charge in [0.25, 0.3) is 10.2 Å². The Balaban J connectivity index is 2.10. The van der Waals surface area contributed by atoms with Gasteiger partial charge < -0.3 is 5.32 Å². The Morgan fingerprint density at radius 2 is 1.87 bits per heavy atom. The van der Waals surface area contributed by atoms with Crippen molar-refractivity contribution in [3.05, 3.63) is 0 Å². The standard InChI is InChI=1S/C9H19N3O2S/c1-2-12(15(10,13)14)9-5-7-3-4-8(6-9)11-7/h7-9,11H,2-6H2,1H3,(H2,10,13,14). The third-order valence-corrected chi connectivity index (χ3v) is 4.70. The van der Waals surface area contributed by atoms with Gasteiger partial charge >= 0.3 is 0 Å². The van der Waals surface area contributed by atoms with Crippen LogP contribution in [0.1, 0.15) is 32.6 Å². The lowest BCUT2D eigenvalue weighted by Gasteiger charge is -2.35. The van der Waals surface area contributed by atoms with Crippen LogP contribution in [-0.2, 0) is 10.2 Å². The van der Waals surface area contributed by atoms with Crippen molar-refractivity contribution in [2.24, 2.45) is 5.14 Å². The molecule has 88 valence electrons. The van der Waals surface area contributed by atoms with Crippen molar-refractivity contribution in [1.29, 1.82) is 0 Å². The van der Waals surface area contributed by atoms with E-state index in [2.05, 4.69) is 5.32 Å². The molecule has 0 aromatic heterocycles. The quantitative estimate of drug-likeness (QED) is 0.708. The van der Waals surface area contributed by atoms with Crippen LogP contribution in [-0.4, -0.2) is 37.4 Å². The topological polar surface area (TPSA) is 75.4 Å². The maximum Gasteiger partial charge on any atom is 0.277 e. The van der Waals surface area contributed by atoms with E-state index in [0.717, 1.165) is 12.8 Å². The number of nitrogens with zero attached hydrogens (tertiary/aromatic N) is 1. The highest BCUT2D eigenvalue weighted by Gasteiger charge is 2.38. The first kappa shape index (κ1) is 11.3. The monoisotopic (exact) mass is 233 g/mol. The van der Waals surface area contributed by atoms with Gasteiger partial charge in [0.05, 0.1) is 0 Å². The molecule has 2 saturated heterocycles. The molecule has 5 nitrogen and oxygen atoms in total. The van der Waals surface area contributed by atoms with Crippen LogP contribution in [0.3, 0.4) is 0 Å². The number of piperidine rings is 1. The van der Waals surface area contributed by atoms with Crippen molar-refractivity contribution < 1.29 is 8.42 Å². The summed E-state index contributed by atoms with van der Waals surface area (Å²) >= 11 is 0. The molecule has 2 aliphatic rings. The van der Waals surface area contributed by atoms with Crippen molar-refractivity contribution in [3.63, 3.8) is 0 Å². The first-order valence-electron chi connectivity index (χ1n) is 5.56. The number of rotatable bonds is 3. The van der Waals surface area contributed by atoms with E-state index in [0.29, 0.717) is 18.6 Å². The smallest absolute Gasteiger partial charge is 0.277 e. The largest absolute Gasteiger partial charge is 0.311 e. The molecule has 2 atom stereocenters. The van der Waals surface area contributed by atoms with Gasteiger partial charge in [-0.05, 0) is 25.7 Å². The van der Waals surface area contributed by atoms with Crippen LogP contribution in [0, 0.1) is 0 Å². The lowest BCUT2D eigenvalue weighted by atomic mass is 10.00. The Labute approximate surface area is 91.2 Å². The predicted molar refractivity (Wildman–Crippen MR) is 58.5 cm³/mol. The molecule has 3 N–H and O–H groups in total. The SMILES string of the molecule is CCN(C1CC2CCC(C1)N2)S(N)(=O)=O. The molecule has 0 aromatic rings. The van der Waals surface area contributed by atoms with Crippen molar-refractivity contribution in [2.75, 3.05) is 6.54 Å². The summed E-state index contributed by atoms with van der Waals surface area (Å²) in [5.74, 6) is 0. The van der Waals surface area contributed by atoms with Gasteiger partial charge in [0.2, 0.25) is 0 Å². The molecule has 6 heteroatoms. The van der Waals surface area contributed by atoms with Crippen LogP contribution in [0.5, 0.6) is 0 Å². The summed E-state index contributed by atoms with van der Waals surface area (Å²) in [6.45, 7) is 2.32. The Bertz CT molecular complexity index is 318. The molecule has 0 spiro atoms. The van der Waals surface area contributed by atoms with E-state index < -0.39 is 10.2 Å². The summed E-state index contributed by atoms with van der Waals surface area (Å²) in [6.07, 6.45) is 4.15. The van der Waals surface area contributed by atoms with Crippen LogP contribution in [0.15, 0.2) is 0 Å². The highest BCUT2D eigenvalue weighted by atomic mass is 32.2. The Morgan fingerprint density at radius 3 is 2.27 bits per heavy atom. The van der Waals surface area contributed by atoms with E-state index in [1.807, 2.05) is 6.92 Å². The van der Waals surface area contributed by atoms with Gasteiger partial charge in [0.1, 0.15) is 0 Å². The zero-order valence-corrected chi connectivity index (χ0v) is 9.83. The lowest BCUT2D eigenvalue weighted by molar-refractivity contribution is 0.232. The summed E-state index contributed by atoms with van der Waals surface area (Å²) < 4.78 is 24.2. The Kier molecular flexibility index (Phi) is 3.03. The highest BCUT2D eigenvalue weighted by molar-refractivity contribution is 7.86. The normalized spacial score (nSPS) is 36.1. The molecule has 0 radical (unpaired) electrons. The van der Waals surface area contributed by atoms with E-state index in [9.17, 15) is 8.42 Å². The molecule has 2 rings (SSSR count). The number of nitrogens with two attached hydrogens (primary N) is 1. The summed E-state index contributed by atoms with van der Waals surface area (Å²) in [5, 5.41) is 8.70. The molecular formula is C9H19N3O2S. The molecule has 2 heterocycles. The number of nitrogens with one attached hydrogen (secondary N) is 1. The van der Waals surface area contributed by atoms with Crippen LogP contribution < -0.4 is 10.5 Å². The minimum Gasteiger partial charge on any atom is -0.311 e. The van der Waals surface area contributed by atoms with E-state index >= 15 is 0 Å². The summed E-state index contributed by atoms with van der Waals surface area (Å²) in [7, 11) is -3.53. The van der Waals surface area contributed by atoms with E-state index in [4.69, 9.17) is 5.14 Å². The summed E-state index contributed by atoms with van der Waals surface area (Å²) in [4.78, 5) is 0.